The van der Waals surface area contributed by atoms with Gasteiger partial charge in [-0.2, -0.15) is 0 Å². The Labute approximate surface area is 67.3 Å². The molecule has 0 bridgehead atoms. The molecule has 2 unspecified atom stereocenters. The number of aliphatic hydroxyl groups excluding tert-OH is 1. The number of nitrogens with two attached hydrogens (primary N) is 1. The van der Waals surface area contributed by atoms with Gasteiger partial charge in [0.15, 0.2) is 0 Å². The number of hydrogen-bond acceptors (Lipinski definition) is 3. The molecule has 0 aliphatic carbocycles. The molecule has 2 atom stereocenters. The number of carbonyl (C=O) groups is 1. The van der Waals surface area contributed by atoms with Crippen LogP contribution in [0.15, 0.2) is 0 Å². The van der Waals surface area contributed by atoms with Crippen LogP contribution >= 0.6 is 22.9 Å². The van der Waals surface area contributed by atoms with Crippen molar-refractivity contribution in [2.24, 2.45) is 5.73 Å². The number of halogens is 1. The molecule has 4 nitrogen and oxygen atoms in total. The minimum Gasteiger partial charge on any atom is -0.391 e. The van der Waals surface area contributed by atoms with Crippen LogP contribution in [-0.4, -0.2) is 23.2 Å². The van der Waals surface area contributed by atoms with E-state index in [0.29, 0.717) is 0 Å². The summed E-state index contributed by atoms with van der Waals surface area (Å²) >= 11 is 1.67. The van der Waals surface area contributed by atoms with Crippen LogP contribution < -0.4 is 9.26 Å². The van der Waals surface area contributed by atoms with Crippen molar-refractivity contribution in [3.63, 3.8) is 0 Å². The van der Waals surface area contributed by atoms with E-state index in [2.05, 4.69) is 3.53 Å². The van der Waals surface area contributed by atoms with Crippen LogP contribution in [0.4, 0.5) is 0 Å². The van der Waals surface area contributed by atoms with Crippen LogP contribution in [-0.2, 0) is 4.79 Å². The summed E-state index contributed by atoms with van der Waals surface area (Å²) in [5, 5.41) is 8.73. The first-order chi connectivity index (χ1) is 4.09. The predicted octanol–water partition coefficient (Wildman–Crippen LogP) is -0.839. The largest absolute Gasteiger partial charge is 0.391 e. The molecule has 0 fully saturated rings. The van der Waals surface area contributed by atoms with Crippen molar-refractivity contribution in [2.45, 2.75) is 19.1 Å². The highest BCUT2D eigenvalue weighted by Gasteiger charge is 2.16. The Balaban J connectivity index is 3.72. The maximum absolute atomic E-state index is 10.5. The van der Waals surface area contributed by atoms with Crippen molar-refractivity contribution in [3.05, 3.63) is 0 Å². The lowest BCUT2D eigenvalue weighted by Crippen LogP contribution is -2.44. The van der Waals surface area contributed by atoms with Gasteiger partial charge in [0.1, 0.15) is 6.04 Å². The third kappa shape index (κ3) is 2.97. The molecule has 0 aliphatic rings. The SMILES string of the molecule is CC(O)C(N)C(=O)NI. The molecule has 54 valence electrons. The lowest BCUT2D eigenvalue weighted by molar-refractivity contribution is -0.122. The van der Waals surface area contributed by atoms with Gasteiger partial charge < -0.3 is 10.8 Å². The number of amides is 1. The molecule has 4 N–H and O–H groups in total. The first kappa shape index (κ1) is 9.12. The number of nitrogens with one attached hydrogen (secondary N) is 1. The summed E-state index contributed by atoms with van der Waals surface area (Å²) in [6.07, 6.45) is -0.792. The summed E-state index contributed by atoms with van der Waals surface area (Å²) in [5.74, 6) is -0.356. The van der Waals surface area contributed by atoms with E-state index < -0.39 is 12.1 Å². The van der Waals surface area contributed by atoms with Crippen LogP contribution in [0, 0.1) is 0 Å². The van der Waals surface area contributed by atoms with Gasteiger partial charge in [-0.3, -0.25) is 8.32 Å². The van der Waals surface area contributed by atoms with E-state index in [1.807, 2.05) is 0 Å². The van der Waals surface area contributed by atoms with E-state index in [9.17, 15) is 4.79 Å². The zero-order valence-corrected chi connectivity index (χ0v) is 7.12. The maximum atomic E-state index is 10.5. The van der Waals surface area contributed by atoms with Crippen molar-refractivity contribution < 1.29 is 9.90 Å². The van der Waals surface area contributed by atoms with Gasteiger partial charge in [-0.15, -0.1) is 0 Å². The Morgan fingerprint density at radius 2 is 2.33 bits per heavy atom. The monoisotopic (exact) mass is 244 g/mol. The highest BCUT2D eigenvalue weighted by Crippen LogP contribution is 1.88. The quantitative estimate of drug-likeness (QED) is 0.438. The fourth-order valence-corrected chi connectivity index (χ4v) is 0.642. The molecule has 0 saturated heterocycles. The maximum Gasteiger partial charge on any atom is 0.248 e. The Hall–Kier alpha value is 0.120. The molecule has 9 heavy (non-hydrogen) atoms. The molecule has 0 aromatic carbocycles. The Bertz CT molecular complexity index is 107. The van der Waals surface area contributed by atoms with E-state index in [1.165, 1.54) is 6.92 Å². The van der Waals surface area contributed by atoms with Gasteiger partial charge in [-0.25, -0.2) is 0 Å². The molecule has 0 aromatic heterocycles. The average Bonchev–Trinajstić information content (AvgIpc) is 1.84. The zero-order chi connectivity index (χ0) is 7.44. The van der Waals surface area contributed by atoms with E-state index in [4.69, 9.17) is 10.8 Å². The van der Waals surface area contributed by atoms with Crippen LogP contribution in [0.25, 0.3) is 0 Å². The van der Waals surface area contributed by atoms with Crippen LogP contribution in [0.1, 0.15) is 6.92 Å². The van der Waals surface area contributed by atoms with E-state index in [-0.39, 0.29) is 5.91 Å². The van der Waals surface area contributed by atoms with E-state index in [0.717, 1.165) is 0 Å². The molecule has 0 saturated carbocycles. The summed E-state index contributed by atoms with van der Waals surface area (Å²) in [6, 6.07) is -0.818. The second-order valence-corrected chi connectivity index (χ2v) is 2.26. The summed E-state index contributed by atoms with van der Waals surface area (Å²) in [5.41, 5.74) is 5.20. The highest BCUT2D eigenvalue weighted by molar-refractivity contribution is 14.1. The lowest BCUT2D eigenvalue weighted by Gasteiger charge is -2.10. The molecular weight excluding hydrogens is 235 g/mol. The van der Waals surface area contributed by atoms with Crippen molar-refractivity contribution >= 4 is 28.8 Å². The van der Waals surface area contributed by atoms with Gasteiger partial charge in [-0.05, 0) is 6.92 Å². The van der Waals surface area contributed by atoms with E-state index in [1.54, 1.807) is 22.9 Å². The van der Waals surface area contributed by atoms with Crippen molar-refractivity contribution in [1.29, 1.82) is 0 Å². The van der Waals surface area contributed by atoms with E-state index >= 15 is 0 Å². The first-order valence-corrected chi connectivity index (χ1v) is 3.51. The molecule has 0 radical (unpaired) electrons. The first-order valence-electron chi connectivity index (χ1n) is 2.43. The van der Waals surface area contributed by atoms with Crippen molar-refractivity contribution in [3.8, 4) is 0 Å². The Kier molecular flexibility index (Phi) is 4.07. The second kappa shape index (κ2) is 4.02. The topological polar surface area (TPSA) is 75.3 Å². The number of carbonyl (C=O) groups excluding carboxylic acids is 1. The average molecular weight is 244 g/mol. The van der Waals surface area contributed by atoms with Gasteiger partial charge >= 0.3 is 0 Å². The molecular formula is C4H9IN2O2. The zero-order valence-electron chi connectivity index (χ0n) is 4.97. The number of hydrogen-bond donors (Lipinski definition) is 3. The molecule has 0 rings (SSSR count). The van der Waals surface area contributed by atoms with Crippen LogP contribution in [0.3, 0.4) is 0 Å². The molecule has 5 heteroatoms. The summed E-state index contributed by atoms with van der Waals surface area (Å²) in [7, 11) is 0. The lowest BCUT2D eigenvalue weighted by atomic mass is 10.2. The standard InChI is InChI=1S/C4H9IN2O2/c1-2(8)3(6)4(9)7-5/h2-3,8H,6H2,1H3,(H,7,9). The smallest absolute Gasteiger partial charge is 0.248 e. The number of aliphatic hydroxyl groups is 1. The fourth-order valence-electron chi connectivity index (χ4n) is 0.282. The Morgan fingerprint density at radius 3 is 2.44 bits per heavy atom. The molecule has 0 heterocycles. The minimum absolute atomic E-state index is 0.356. The number of rotatable bonds is 2. The molecule has 0 aliphatic heterocycles. The van der Waals surface area contributed by atoms with Crippen molar-refractivity contribution in [2.75, 3.05) is 0 Å². The second-order valence-electron chi connectivity index (χ2n) is 1.73. The molecule has 0 aromatic rings. The van der Waals surface area contributed by atoms with Gasteiger partial charge in [-0.1, -0.05) is 0 Å². The summed E-state index contributed by atoms with van der Waals surface area (Å²) < 4.78 is 2.29. The highest BCUT2D eigenvalue weighted by atomic mass is 127. The normalized spacial score (nSPS) is 16.4. The fraction of sp³-hybridized carbons (Fsp3) is 0.750. The van der Waals surface area contributed by atoms with Crippen LogP contribution in [0.2, 0.25) is 0 Å². The van der Waals surface area contributed by atoms with Gasteiger partial charge in [0, 0.05) is 0 Å². The predicted molar refractivity (Wildman–Crippen MR) is 41.8 cm³/mol. The summed E-state index contributed by atoms with van der Waals surface area (Å²) in [6.45, 7) is 1.47. The van der Waals surface area contributed by atoms with Gasteiger partial charge in [0.2, 0.25) is 5.91 Å². The van der Waals surface area contributed by atoms with Gasteiger partial charge in [0.25, 0.3) is 0 Å². The third-order valence-electron chi connectivity index (χ3n) is 0.916. The third-order valence-corrected chi connectivity index (χ3v) is 1.45. The van der Waals surface area contributed by atoms with Gasteiger partial charge in [0.05, 0.1) is 29.0 Å². The van der Waals surface area contributed by atoms with Crippen molar-refractivity contribution in [1.82, 2.24) is 3.53 Å². The minimum atomic E-state index is -0.818. The summed E-state index contributed by atoms with van der Waals surface area (Å²) in [4.78, 5) is 10.5. The van der Waals surface area contributed by atoms with Crippen LogP contribution in [0.5, 0.6) is 0 Å². The Morgan fingerprint density at radius 1 is 1.89 bits per heavy atom. The molecule has 1 amide bonds. The molecule has 0 spiro atoms.